The lowest BCUT2D eigenvalue weighted by Gasteiger charge is -2.18. The highest BCUT2D eigenvalue weighted by Crippen LogP contribution is 2.28. The zero-order valence-electron chi connectivity index (χ0n) is 13.1. The van der Waals surface area contributed by atoms with Crippen molar-refractivity contribution in [2.45, 2.75) is 26.2 Å². The number of hydrogen-bond acceptors (Lipinski definition) is 4. The number of H-pyrrole nitrogens is 1. The number of rotatable bonds is 4. The maximum atomic E-state index is 12.3. The number of nitrogens with zero attached hydrogens (tertiary/aromatic N) is 3. The van der Waals surface area contributed by atoms with Crippen LogP contribution in [0.2, 0.25) is 0 Å². The number of aromatic amines is 1. The van der Waals surface area contributed by atoms with Crippen molar-refractivity contribution < 1.29 is 9.59 Å². The predicted octanol–water partition coefficient (Wildman–Crippen LogP) is 1.92. The third-order valence-electron chi connectivity index (χ3n) is 4.00. The van der Waals surface area contributed by atoms with E-state index in [1.807, 2.05) is 24.3 Å². The van der Waals surface area contributed by atoms with Gasteiger partial charge in [-0.15, -0.1) is 0 Å². The summed E-state index contributed by atoms with van der Waals surface area (Å²) in [5.74, 6) is 0.0254. The third kappa shape index (κ3) is 3.23. The number of carbonyl (C=O) groups is 2. The Morgan fingerprint density at radius 1 is 1.43 bits per heavy atom. The van der Waals surface area contributed by atoms with Crippen LogP contribution in [0.15, 0.2) is 30.6 Å². The smallest absolute Gasteiger partial charge is 0.232 e. The second kappa shape index (κ2) is 6.20. The Hall–Kier alpha value is -2.70. The van der Waals surface area contributed by atoms with E-state index in [9.17, 15) is 9.59 Å². The van der Waals surface area contributed by atoms with Gasteiger partial charge in [0.2, 0.25) is 17.8 Å². The topological polar surface area (TPSA) is 91.0 Å². The molecule has 0 spiro atoms. The molecule has 120 valence electrons. The van der Waals surface area contributed by atoms with E-state index in [1.54, 1.807) is 4.90 Å². The molecule has 0 bridgehead atoms. The van der Waals surface area contributed by atoms with Crippen LogP contribution in [-0.2, 0) is 9.59 Å². The standard InChI is InChI=1S/C16H19N5O2/c1-10(2)11-4-3-5-13(6-11)21-8-12(7-14(21)22)15(23)19-16-17-9-18-20-16/h3-6,9-10,12H,7-8H2,1-2H3,(H2,17,18,19,20,23)/t12-/m0/s1. The van der Waals surface area contributed by atoms with Crippen LogP contribution in [0.1, 0.15) is 31.7 Å². The summed E-state index contributed by atoms with van der Waals surface area (Å²) in [5.41, 5.74) is 2.01. The second-order valence-corrected chi connectivity index (χ2v) is 5.98. The van der Waals surface area contributed by atoms with E-state index >= 15 is 0 Å². The molecule has 2 aromatic rings. The van der Waals surface area contributed by atoms with E-state index in [1.165, 1.54) is 11.9 Å². The molecule has 7 heteroatoms. The number of carbonyl (C=O) groups excluding carboxylic acids is 2. The van der Waals surface area contributed by atoms with Crippen molar-refractivity contribution >= 4 is 23.5 Å². The fourth-order valence-electron chi connectivity index (χ4n) is 2.67. The Balaban J connectivity index is 1.72. The number of hydrogen-bond donors (Lipinski definition) is 2. The number of amides is 2. The van der Waals surface area contributed by atoms with Gasteiger partial charge < -0.3 is 4.90 Å². The Bertz CT molecular complexity index is 711. The van der Waals surface area contributed by atoms with Crippen molar-refractivity contribution in [3.8, 4) is 0 Å². The zero-order chi connectivity index (χ0) is 16.4. The highest BCUT2D eigenvalue weighted by Gasteiger charge is 2.35. The van der Waals surface area contributed by atoms with Gasteiger partial charge in [0.1, 0.15) is 6.33 Å². The number of benzene rings is 1. The van der Waals surface area contributed by atoms with Crippen LogP contribution in [0.25, 0.3) is 0 Å². The fourth-order valence-corrected chi connectivity index (χ4v) is 2.67. The van der Waals surface area contributed by atoms with Crippen LogP contribution in [0.3, 0.4) is 0 Å². The average molecular weight is 313 g/mol. The normalized spacial score (nSPS) is 17.8. The first-order chi connectivity index (χ1) is 11.0. The molecule has 1 aromatic carbocycles. The van der Waals surface area contributed by atoms with Crippen molar-refractivity contribution in [3.05, 3.63) is 36.2 Å². The largest absolute Gasteiger partial charge is 0.312 e. The van der Waals surface area contributed by atoms with E-state index in [0.717, 1.165) is 5.69 Å². The molecule has 1 atom stereocenters. The first-order valence-electron chi connectivity index (χ1n) is 7.61. The van der Waals surface area contributed by atoms with Gasteiger partial charge in [-0.1, -0.05) is 26.0 Å². The maximum Gasteiger partial charge on any atom is 0.232 e. The highest BCUT2D eigenvalue weighted by atomic mass is 16.2. The number of anilines is 2. The van der Waals surface area contributed by atoms with Crippen molar-refractivity contribution in [3.63, 3.8) is 0 Å². The highest BCUT2D eigenvalue weighted by molar-refractivity contribution is 6.03. The Labute approximate surface area is 134 Å². The van der Waals surface area contributed by atoms with Crippen LogP contribution >= 0.6 is 0 Å². The van der Waals surface area contributed by atoms with E-state index < -0.39 is 5.92 Å². The molecular formula is C16H19N5O2. The van der Waals surface area contributed by atoms with Gasteiger partial charge in [0.05, 0.1) is 5.92 Å². The third-order valence-corrected chi connectivity index (χ3v) is 4.00. The molecule has 0 unspecified atom stereocenters. The lowest BCUT2D eigenvalue weighted by Crippen LogP contribution is -2.28. The van der Waals surface area contributed by atoms with Crippen molar-refractivity contribution in [2.24, 2.45) is 5.92 Å². The molecule has 1 aliphatic rings. The van der Waals surface area contributed by atoms with Gasteiger partial charge in [-0.05, 0) is 23.6 Å². The summed E-state index contributed by atoms with van der Waals surface area (Å²) in [6.07, 6.45) is 1.52. The molecule has 1 aliphatic heterocycles. The molecule has 7 nitrogen and oxygen atoms in total. The molecule has 1 fully saturated rings. The summed E-state index contributed by atoms with van der Waals surface area (Å²) in [5, 5.41) is 8.89. The minimum Gasteiger partial charge on any atom is -0.312 e. The van der Waals surface area contributed by atoms with Crippen molar-refractivity contribution in [1.82, 2.24) is 15.2 Å². The van der Waals surface area contributed by atoms with E-state index in [0.29, 0.717) is 18.4 Å². The first-order valence-corrected chi connectivity index (χ1v) is 7.61. The Morgan fingerprint density at radius 3 is 2.96 bits per heavy atom. The molecule has 2 amide bonds. The number of nitrogens with one attached hydrogen (secondary N) is 2. The molecule has 0 saturated carbocycles. The van der Waals surface area contributed by atoms with Gasteiger partial charge in [0, 0.05) is 18.7 Å². The summed E-state index contributed by atoms with van der Waals surface area (Å²) in [4.78, 5) is 30.1. The Morgan fingerprint density at radius 2 is 2.26 bits per heavy atom. The van der Waals surface area contributed by atoms with Crippen LogP contribution in [0.5, 0.6) is 0 Å². The quantitative estimate of drug-likeness (QED) is 0.902. The zero-order valence-corrected chi connectivity index (χ0v) is 13.1. The lowest BCUT2D eigenvalue weighted by atomic mass is 10.0. The Kier molecular flexibility index (Phi) is 4.10. The maximum absolute atomic E-state index is 12.3. The van der Waals surface area contributed by atoms with E-state index in [4.69, 9.17) is 0 Å². The first kappa shape index (κ1) is 15.2. The van der Waals surface area contributed by atoms with Crippen LogP contribution in [0, 0.1) is 5.92 Å². The van der Waals surface area contributed by atoms with Crippen molar-refractivity contribution in [2.75, 3.05) is 16.8 Å². The SMILES string of the molecule is CC(C)c1cccc(N2C[C@@H](C(=O)Nc3ncn[nH]3)CC2=O)c1. The monoisotopic (exact) mass is 313 g/mol. The second-order valence-electron chi connectivity index (χ2n) is 5.98. The van der Waals surface area contributed by atoms with Crippen LogP contribution in [-0.4, -0.2) is 33.5 Å². The van der Waals surface area contributed by atoms with Crippen LogP contribution < -0.4 is 10.2 Å². The minimum absolute atomic E-state index is 0.0383. The molecule has 2 N–H and O–H groups in total. The predicted molar refractivity (Wildman–Crippen MR) is 86.0 cm³/mol. The molecule has 0 radical (unpaired) electrons. The summed E-state index contributed by atoms with van der Waals surface area (Å²) in [6, 6.07) is 7.91. The molecule has 1 aromatic heterocycles. The molecular weight excluding hydrogens is 294 g/mol. The number of aromatic nitrogens is 3. The van der Waals surface area contributed by atoms with Crippen molar-refractivity contribution in [1.29, 1.82) is 0 Å². The molecule has 0 aliphatic carbocycles. The molecule has 2 heterocycles. The van der Waals surface area contributed by atoms with Gasteiger partial charge in [0.25, 0.3) is 0 Å². The van der Waals surface area contributed by atoms with Gasteiger partial charge in [-0.3, -0.25) is 14.9 Å². The summed E-state index contributed by atoms with van der Waals surface area (Å²) >= 11 is 0. The fraction of sp³-hybridized carbons (Fsp3) is 0.375. The average Bonchev–Trinajstić information content (AvgIpc) is 3.17. The van der Waals surface area contributed by atoms with E-state index in [-0.39, 0.29) is 18.2 Å². The van der Waals surface area contributed by atoms with Gasteiger partial charge in [-0.25, -0.2) is 5.10 Å². The summed E-state index contributed by atoms with van der Waals surface area (Å²) in [7, 11) is 0. The summed E-state index contributed by atoms with van der Waals surface area (Å²) < 4.78 is 0. The van der Waals surface area contributed by atoms with Gasteiger partial charge in [0.15, 0.2) is 0 Å². The molecule has 23 heavy (non-hydrogen) atoms. The van der Waals surface area contributed by atoms with E-state index in [2.05, 4.69) is 34.3 Å². The summed E-state index contributed by atoms with van der Waals surface area (Å²) in [6.45, 7) is 4.59. The minimum atomic E-state index is -0.393. The van der Waals surface area contributed by atoms with Gasteiger partial charge in [-0.2, -0.15) is 10.1 Å². The lowest BCUT2D eigenvalue weighted by molar-refractivity contribution is -0.122. The van der Waals surface area contributed by atoms with Crippen LogP contribution in [0.4, 0.5) is 11.6 Å². The van der Waals surface area contributed by atoms with Gasteiger partial charge >= 0.3 is 0 Å². The molecule has 1 saturated heterocycles. The molecule has 3 rings (SSSR count).